The lowest BCUT2D eigenvalue weighted by molar-refractivity contribution is -0.143. The van der Waals surface area contributed by atoms with Gasteiger partial charge in [0.2, 0.25) is 0 Å². The number of hydrogen-bond donors (Lipinski definition) is 2. The normalized spacial score (nSPS) is 12.0. The number of nitrogen functional groups attached to an aromatic ring is 1. The highest BCUT2D eigenvalue weighted by atomic mass is 35.5. The summed E-state index contributed by atoms with van der Waals surface area (Å²) in [5.41, 5.74) is 6.52. The number of carbonyl (C=O) groups is 1. The van der Waals surface area contributed by atoms with Gasteiger partial charge in [-0.15, -0.1) is 0 Å². The van der Waals surface area contributed by atoms with E-state index < -0.39 is 6.04 Å². The Morgan fingerprint density at radius 1 is 1.47 bits per heavy atom. The SMILES string of the molecule is CCOC(=O)C(C)Nc1c(Cl)cc(N)cc1Cl. The molecule has 17 heavy (non-hydrogen) atoms. The summed E-state index contributed by atoms with van der Waals surface area (Å²) in [5, 5.41) is 3.63. The third-order valence-corrected chi connectivity index (χ3v) is 2.66. The molecule has 0 aliphatic heterocycles. The van der Waals surface area contributed by atoms with Crippen molar-refractivity contribution in [3.05, 3.63) is 22.2 Å². The Bertz CT molecular complexity index is 401. The monoisotopic (exact) mass is 276 g/mol. The first-order valence-corrected chi connectivity index (χ1v) is 5.89. The minimum atomic E-state index is -0.534. The Morgan fingerprint density at radius 2 is 2.00 bits per heavy atom. The minimum absolute atomic E-state index is 0.327. The molecule has 0 aliphatic carbocycles. The summed E-state index contributed by atoms with van der Waals surface area (Å²) >= 11 is 12.0. The molecule has 0 saturated heterocycles. The molecule has 6 heteroatoms. The van der Waals surface area contributed by atoms with Crippen molar-refractivity contribution in [2.75, 3.05) is 17.7 Å². The number of ether oxygens (including phenoxy) is 1. The third-order valence-electron chi connectivity index (χ3n) is 2.07. The molecule has 1 unspecified atom stereocenters. The molecule has 94 valence electrons. The molecule has 0 aromatic heterocycles. The fourth-order valence-electron chi connectivity index (χ4n) is 1.27. The second-order valence-electron chi connectivity index (χ2n) is 3.48. The first-order chi connectivity index (χ1) is 7.95. The molecule has 0 fully saturated rings. The Labute approximate surface area is 110 Å². The maximum absolute atomic E-state index is 11.4. The Balaban J connectivity index is 2.85. The van der Waals surface area contributed by atoms with Crippen LogP contribution in [0.15, 0.2) is 12.1 Å². The van der Waals surface area contributed by atoms with Crippen molar-refractivity contribution in [3.63, 3.8) is 0 Å². The van der Waals surface area contributed by atoms with Crippen LogP contribution in [0.2, 0.25) is 10.0 Å². The zero-order valence-electron chi connectivity index (χ0n) is 9.59. The first kappa shape index (κ1) is 13.9. The van der Waals surface area contributed by atoms with Crippen LogP contribution in [0.3, 0.4) is 0 Å². The molecule has 1 atom stereocenters. The number of esters is 1. The zero-order valence-corrected chi connectivity index (χ0v) is 11.1. The van der Waals surface area contributed by atoms with Crippen molar-refractivity contribution in [3.8, 4) is 0 Å². The van der Waals surface area contributed by atoms with Crippen LogP contribution in [0.5, 0.6) is 0 Å². The second-order valence-corrected chi connectivity index (χ2v) is 4.29. The molecule has 0 bridgehead atoms. The van der Waals surface area contributed by atoms with Gasteiger partial charge in [-0.1, -0.05) is 23.2 Å². The van der Waals surface area contributed by atoms with Gasteiger partial charge in [0, 0.05) is 5.69 Å². The van der Waals surface area contributed by atoms with Gasteiger partial charge < -0.3 is 15.8 Å². The van der Waals surface area contributed by atoms with Crippen molar-refractivity contribution in [1.29, 1.82) is 0 Å². The smallest absolute Gasteiger partial charge is 0.328 e. The van der Waals surface area contributed by atoms with Crippen LogP contribution in [-0.2, 0) is 9.53 Å². The first-order valence-electron chi connectivity index (χ1n) is 5.13. The number of rotatable bonds is 4. The summed E-state index contributed by atoms with van der Waals surface area (Å²) in [5.74, 6) is -0.364. The molecule has 4 nitrogen and oxygen atoms in total. The van der Waals surface area contributed by atoms with Gasteiger partial charge in [0.05, 0.1) is 22.3 Å². The molecule has 1 aromatic carbocycles. The quantitative estimate of drug-likeness (QED) is 0.656. The van der Waals surface area contributed by atoms with E-state index in [0.29, 0.717) is 28.0 Å². The predicted octanol–water partition coefficient (Wildman–Crippen LogP) is 2.94. The van der Waals surface area contributed by atoms with Gasteiger partial charge in [0.1, 0.15) is 6.04 Å². The molecular formula is C11H14Cl2N2O2. The lowest BCUT2D eigenvalue weighted by Crippen LogP contribution is -2.28. The Hall–Kier alpha value is -1.13. The van der Waals surface area contributed by atoms with Gasteiger partial charge in [-0.25, -0.2) is 4.79 Å². The summed E-state index contributed by atoms with van der Waals surface area (Å²) in [7, 11) is 0. The van der Waals surface area contributed by atoms with Gasteiger partial charge in [0.15, 0.2) is 0 Å². The van der Waals surface area contributed by atoms with Crippen LogP contribution in [0.1, 0.15) is 13.8 Å². The van der Waals surface area contributed by atoms with Gasteiger partial charge in [-0.3, -0.25) is 0 Å². The van der Waals surface area contributed by atoms with Gasteiger partial charge >= 0.3 is 5.97 Å². The van der Waals surface area contributed by atoms with Gasteiger partial charge in [0.25, 0.3) is 0 Å². The Kier molecular flexibility index (Phi) is 4.90. The molecule has 0 aliphatic rings. The van der Waals surface area contributed by atoms with E-state index in [-0.39, 0.29) is 5.97 Å². The minimum Gasteiger partial charge on any atom is -0.464 e. The van der Waals surface area contributed by atoms with E-state index in [4.69, 9.17) is 33.7 Å². The van der Waals surface area contributed by atoms with Crippen LogP contribution in [0.25, 0.3) is 0 Å². The van der Waals surface area contributed by atoms with E-state index in [1.54, 1.807) is 26.0 Å². The number of anilines is 2. The van der Waals surface area contributed by atoms with E-state index in [9.17, 15) is 4.79 Å². The summed E-state index contributed by atoms with van der Waals surface area (Å²) in [4.78, 5) is 11.4. The molecule has 1 rings (SSSR count). The number of halogens is 2. The topological polar surface area (TPSA) is 64.3 Å². The van der Waals surface area contributed by atoms with Crippen LogP contribution >= 0.6 is 23.2 Å². The van der Waals surface area contributed by atoms with Crippen LogP contribution < -0.4 is 11.1 Å². The summed E-state index contributed by atoms with van der Waals surface area (Å²) < 4.78 is 4.87. The van der Waals surface area contributed by atoms with Crippen molar-refractivity contribution in [2.24, 2.45) is 0 Å². The highest BCUT2D eigenvalue weighted by Gasteiger charge is 2.17. The van der Waals surface area contributed by atoms with E-state index in [0.717, 1.165) is 0 Å². The number of hydrogen-bond acceptors (Lipinski definition) is 4. The van der Waals surface area contributed by atoms with Crippen LogP contribution in [0, 0.1) is 0 Å². The number of nitrogens with one attached hydrogen (secondary N) is 1. The fraction of sp³-hybridized carbons (Fsp3) is 0.364. The van der Waals surface area contributed by atoms with Crippen LogP contribution in [0.4, 0.5) is 11.4 Å². The number of nitrogens with two attached hydrogens (primary N) is 1. The number of benzene rings is 1. The maximum atomic E-state index is 11.4. The molecule has 0 heterocycles. The van der Waals surface area contributed by atoms with E-state index in [1.807, 2.05) is 0 Å². The van der Waals surface area contributed by atoms with Crippen LogP contribution in [-0.4, -0.2) is 18.6 Å². The van der Waals surface area contributed by atoms with E-state index >= 15 is 0 Å². The second kappa shape index (κ2) is 5.98. The summed E-state index contributed by atoms with van der Waals surface area (Å²) in [6.07, 6.45) is 0. The average Bonchev–Trinajstić information content (AvgIpc) is 2.23. The third kappa shape index (κ3) is 3.68. The van der Waals surface area contributed by atoms with E-state index in [2.05, 4.69) is 5.32 Å². The lowest BCUT2D eigenvalue weighted by atomic mass is 10.2. The van der Waals surface area contributed by atoms with Crippen molar-refractivity contribution < 1.29 is 9.53 Å². The fourth-order valence-corrected chi connectivity index (χ4v) is 1.89. The van der Waals surface area contributed by atoms with Gasteiger partial charge in [-0.2, -0.15) is 0 Å². The summed E-state index contributed by atoms with van der Waals surface area (Å²) in [6, 6.07) is 2.59. The standard InChI is InChI=1S/C11H14Cl2N2O2/c1-3-17-11(16)6(2)15-10-8(12)4-7(14)5-9(10)13/h4-6,15H,3,14H2,1-2H3. The largest absolute Gasteiger partial charge is 0.464 e. The van der Waals surface area contributed by atoms with Gasteiger partial charge in [-0.05, 0) is 26.0 Å². The zero-order chi connectivity index (χ0) is 13.0. The molecule has 0 radical (unpaired) electrons. The van der Waals surface area contributed by atoms with Crippen molar-refractivity contribution >= 4 is 40.5 Å². The Morgan fingerprint density at radius 3 is 2.47 bits per heavy atom. The molecule has 0 saturated carbocycles. The maximum Gasteiger partial charge on any atom is 0.328 e. The molecule has 1 aromatic rings. The lowest BCUT2D eigenvalue weighted by Gasteiger charge is -2.16. The highest BCUT2D eigenvalue weighted by molar-refractivity contribution is 6.39. The average molecular weight is 277 g/mol. The highest BCUT2D eigenvalue weighted by Crippen LogP contribution is 2.33. The molecule has 0 spiro atoms. The summed E-state index contributed by atoms with van der Waals surface area (Å²) in [6.45, 7) is 3.74. The molecule has 0 amide bonds. The van der Waals surface area contributed by atoms with E-state index in [1.165, 1.54) is 0 Å². The van der Waals surface area contributed by atoms with Crippen molar-refractivity contribution in [1.82, 2.24) is 0 Å². The predicted molar refractivity (Wildman–Crippen MR) is 70.6 cm³/mol. The molecule has 3 N–H and O–H groups in total. The molecular weight excluding hydrogens is 263 g/mol. The van der Waals surface area contributed by atoms with Crippen molar-refractivity contribution in [2.45, 2.75) is 19.9 Å². The number of carbonyl (C=O) groups excluding carboxylic acids is 1.